The number of hydrogen-bond acceptors (Lipinski definition) is 3. The van der Waals surface area contributed by atoms with Gasteiger partial charge in [-0.1, -0.05) is 13.8 Å². The van der Waals surface area contributed by atoms with Crippen molar-refractivity contribution < 1.29 is 4.74 Å². The zero-order valence-corrected chi connectivity index (χ0v) is 9.07. The van der Waals surface area contributed by atoms with Gasteiger partial charge in [-0.15, -0.1) is 0 Å². The van der Waals surface area contributed by atoms with Crippen LogP contribution in [0, 0.1) is 29.1 Å². The molecule has 14 heavy (non-hydrogen) atoms. The summed E-state index contributed by atoms with van der Waals surface area (Å²) in [5.41, 5.74) is 6.13. The molecule has 3 nitrogen and oxygen atoms in total. The molecule has 1 aliphatic heterocycles. The van der Waals surface area contributed by atoms with Gasteiger partial charge >= 0.3 is 0 Å². The van der Waals surface area contributed by atoms with Crippen molar-refractivity contribution in [2.75, 3.05) is 13.2 Å². The largest absolute Gasteiger partial charge is 0.381 e. The summed E-state index contributed by atoms with van der Waals surface area (Å²) in [6.45, 7) is 5.73. The summed E-state index contributed by atoms with van der Waals surface area (Å²) >= 11 is 0. The molecule has 80 valence electrons. The lowest BCUT2D eigenvalue weighted by Gasteiger charge is -2.31. The fraction of sp³-hybridized carbons (Fsp3) is 0.909. The summed E-state index contributed by atoms with van der Waals surface area (Å²) in [6, 6.07) is 2.35. The average molecular weight is 196 g/mol. The first-order valence-corrected chi connectivity index (χ1v) is 5.39. The fourth-order valence-electron chi connectivity index (χ4n) is 2.07. The molecule has 0 spiro atoms. The van der Waals surface area contributed by atoms with Crippen molar-refractivity contribution in [3.8, 4) is 6.07 Å². The second kappa shape index (κ2) is 5.33. The lowest BCUT2D eigenvalue weighted by molar-refractivity contribution is 0.0515. The number of ether oxygens (including phenoxy) is 1. The topological polar surface area (TPSA) is 59.0 Å². The first kappa shape index (κ1) is 11.5. The number of nitriles is 1. The highest BCUT2D eigenvalue weighted by atomic mass is 16.5. The van der Waals surface area contributed by atoms with Crippen LogP contribution in [0.4, 0.5) is 0 Å². The Balaban J connectivity index is 2.53. The van der Waals surface area contributed by atoms with Gasteiger partial charge in [-0.25, -0.2) is 0 Å². The quantitative estimate of drug-likeness (QED) is 0.744. The smallest absolute Gasteiger partial charge is 0.0674 e. The third-order valence-corrected chi connectivity index (χ3v) is 3.09. The van der Waals surface area contributed by atoms with Crippen LogP contribution in [0.25, 0.3) is 0 Å². The van der Waals surface area contributed by atoms with Gasteiger partial charge in [0.25, 0.3) is 0 Å². The second-order valence-electron chi connectivity index (χ2n) is 4.43. The van der Waals surface area contributed by atoms with E-state index in [1.807, 2.05) is 0 Å². The molecule has 1 saturated heterocycles. The Kier molecular flexibility index (Phi) is 4.37. The zero-order chi connectivity index (χ0) is 10.6. The minimum atomic E-state index is -0.0156. The van der Waals surface area contributed by atoms with Crippen LogP contribution in [0.2, 0.25) is 0 Å². The Morgan fingerprint density at radius 3 is 2.36 bits per heavy atom. The first-order chi connectivity index (χ1) is 6.66. The summed E-state index contributed by atoms with van der Waals surface area (Å²) in [6.07, 6.45) is 2.01. The summed E-state index contributed by atoms with van der Waals surface area (Å²) in [4.78, 5) is 0. The molecule has 0 amide bonds. The third kappa shape index (κ3) is 2.70. The number of nitrogens with zero attached hydrogens (tertiary/aromatic N) is 1. The van der Waals surface area contributed by atoms with Crippen LogP contribution in [0.15, 0.2) is 0 Å². The molecule has 1 aliphatic rings. The van der Waals surface area contributed by atoms with Crippen LogP contribution >= 0.6 is 0 Å². The lowest BCUT2D eigenvalue weighted by Crippen LogP contribution is -2.41. The van der Waals surface area contributed by atoms with E-state index in [0.717, 1.165) is 26.1 Å². The highest BCUT2D eigenvalue weighted by Crippen LogP contribution is 2.25. The van der Waals surface area contributed by atoms with Crippen LogP contribution in [0.5, 0.6) is 0 Å². The van der Waals surface area contributed by atoms with E-state index < -0.39 is 0 Å². The van der Waals surface area contributed by atoms with Crippen molar-refractivity contribution in [3.05, 3.63) is 0 Å². The van der Waals surface area contributed by atoms with Crippen molar-refractivity contribution >= 4 is 0 Å². The molecule has 1 fully saturated rings. The minimum absolute atomic E-state index is 0.0156. The van der Waals surface area contributed by atoms with Gasteiger partial charge in [0.2, 0.25) is 0 Å². The normalized spacial score (nSPS) is 23.1. The van der Waals surface area contributed by atoms with E-state index in [9.17, 15) is 0 Å². The maximum absolute atomic E-state index is 9.04. The molecule has 0 aromatic rings. The predicted molar refractivity (Wildman–Crippen MR) is 55.5 cm³/mol. The molecule has 2 N–H and O–H groups in total. The van der Waals surface area contributed by atoms with E-state index >= 15 is 0 Å². The van der Waals surface area contributed by atoms with Crippen LogP contribution in [0.1, 0.15) is 26.7 Å². The summed E-state index contributed by atoms with van der Waals surface area (Å²) < 4.78 is 5.29. The standard InChI is InChI=1S/C11H20N2O/c1-8(2)10(7-12)11(13)9-3-5-14-6-4-9/h8-11H,3-6,13H2,1-2H3. The van der Waals surface area contributed by atoms with E-state index in [4.69, 9.17) is 15.7 Å². The van der Waals surface area contributed by atoms with E-state index in [0.29, 0.717) is 11.8 Å². The minimum Gasteiger partial charge on any atom is -0.381 e. The van der Waals surface area contributed by atoms with Gasteiger partial charge in [-0.3, -0.25) is 0 Å². The number of rotatable bonds is 3. The molecule has 0 radical (unpaired) electrons. The van der Waals surface area contributed by atoms with E-state index in [1.165, 1.54) is 0 Å². The van der Waals surface area contributed by atoms with Crippen molar-refractivity contribution in [2.24, 2.45) is 23.5 Å². The predicted octanol–water partition coefficient (Wildman–Crippen LogP) is 1.54. The number of nitrogens with two attached hydrogens (primary N) is 1. The highest BCUT2D eigenvalue weighted by molar-refractivity contribution is 4.95. The molecule has 0 aliphatic carbocycles. The van der Waals surface area contributed by atoms with E-state index in [-0.39, 0.29) is 12.0 Å². The summed E-state index contributed by atoms with van der Waals surface area (Å²) in [5.74, 6) is 0.798. The van der Waals surface area contributed by atoms with Crippen molar-refractivity contribution in [3.63, 3.8) is 0 Å². The summed E-state index contributed by atoms with van der Waals surface area (Å²) in [5, 5.41) is 9.04. The van der Waals surface area contributed by atoms with Crippen LogP contribution in [0.3, 0.4) is 0 Å². The monoisotopic (exact) mass is 196 g/mol. The summed E-state index contributed by atoms with van der Waals surface area (Å²) in [7, 11) is 0. The van der Waals surface area contributed by atoms with Crippen molar-refractivity contribution in [1.29, 1.82) is 5.26 Å². The first-order valence-electron chi connectivity index (χ1n) is 5.39. The molecule has 2 unspecified atom stereocenters. The van der Waals surface area contributed by atoms with Gasteiger partial charge in [-0.2, -0.15) is 5.26 Å². The molecular formula is C11H20N2O. The fourth-order valence-corrected chi connectivity index (χ4v) is 2.07. The third-order valence-electron chi connectivity index (χ3n) is 3.09. The molecule has 1 rings (SSSR count). The van der Waals surface area contributed by atoms with Crippen molar-refractivity contribution in [2.45, 2.75) is 32.7 Å². The Morgan fingerprint density at radius 2 is 1.93 bits per heavy atom. The van der Waals surface area contributed by atoms with E-state index in [1.54, 1.807) is 0 Å². The van der Waals surface area contributed by atoms with Crippen LogP contribution in [-0.2, 0) is 4.74 Å². The zero-order valence-electron chi connectivity index (χ0n) is 9.07. The lowest BCUT2D eigenvalue weighted by atomic mass is 9.80. The molecule has 1 heterocycles. The Labute approximate surface area is 86.2 Å². The molecular weight excluding hydrogens is 176 g/mol. The van der Waals surface area contributed by atoms with Gasteiger partial charge in [0.1, 0.15) is 0 Å². The maximum atomic E-state index is 9.04. The van der Waals surface area contributed by atoms with Gasteiger partial charge in [0, 0.05) is 19.3 Å². The maximum Gasteiger partial charge on any atom is 0.0674 e. The SMILES string of the molecule is CC(C)C(C#N)C(N)C1CCOCC1. The second-order valence-corrected chi connectivity index (χ2v) is 4.43. The molecule has 0 aromatic heterocycles. The van der Waals surface area contributed by atoms with E-state index in [2.05, 4.69) is 19.9 Å². The van der Waals surface area contributed by atoms with Crippen LogP contribution in [-0.4, -0.2) is 19.3 Å². The molecule has 3 heteroatoms. The van der Waals surface area contributed by atoms with Crippen molar-refractivity contribution in [1.82, 2.24) is 0 Å². The molecule has 2 atom stereocenters. The van der Waals surface area contributed by atoms with Gasteiger partial charge < -0.3 is 10.5 Å². The Bertz CT molecular complexity index is 204. The van der Waals surface area contributed by atoms with Crippen LogP contribution < -0.4 is 5.73 Å². The molecule has 0 aromatic carbocycles. The average Bonchev–Trinajstić information content (AvgIpc) is 2.19. The molecule has 0 saturated carbocycles. The van der Waals surface area contributed by atoms with Gasteiger partial charge in [-0.05, 0) is 24.7 Å². The Hall–Kier alpha value is -0.590. The van der Waals surface area contributed by atoms with Gasteiger partial charge in [0.15, 0.2) is 0 Å². The number of hydrogen-bond donors (Lipinski definition) is 1. The Morgan fingerprint density at radius 1 is 1.36 bits per heavy atom. The van der Waals surface area contributed by atoms with Gasteiger partial charge in [0.05, 0.1) is 12.0 Å². The highest BCUT2D eigenvalue weighted by Gasteiger charge is 2.29. The molecule has 0 bridgehead atoms.